The third kappa shape index (κ3) is 4.59. The first-order valence-electron chi connectivity index (χ1n) is 10.2. The quantitative estimate of drug-likeness (QED) is 0.570. The summed E-state index contributed by atoms with van der Waals surface area (Å²) in [6.45, 7) is 5.27. The molecule has 170 valence electrons. The number of amides is 1. The summed E-state index contributed by atoms with van der Waals surface area (Å²) in [5, 5.41) is 6.85. The molecule has 32 heavy (non-hydrogen) atoms. The summed E-state index contributed by atoms with van der Waals surface area (Å²) in [4.78, 5) is 17.0. The Morgan fingerprint density at radius 3 is 2.47 bits per heavy atom. The van der Waals surface area contributed by atoms with Gasteiger partial charge in [-0.1, -0.05) is 19.0 Å². The van der Waals surface area contributed by atoms with Gasteiger partial charge in [0.25, 0.3) is 5.91 Å². The number of rotatable bonds is 7. The lowest BCUT2D eigenvalue weighted by molar-refractivity contribution is 0.0730. The molecule has 4 rings (SSSR count). The van der Waals surface area contributed by atoms with E-state index in [0.717, 1.165) is 0 Å². The number of hydrogen-bond donors (Lipinski definition) is 1. The van der Waals surface area contributed by atoms with E-state index in [2.05, 4.69) is 15.5 Å². The lowest BCUT2D eigenvalue weighted by Crippen LogP contribution is -2.40. The Morgan fingerprint density at radius 2 is 1.84 bits per heavy atom. The van der Waals surface area contributed by atoms with Gasteiger partial charge in [-0.15, -0.1) is 0 Å². The molecule has 0 radical (unpaired) electrons. The van der Waals surface area contributed by atoms with Crippen LogP contribution in [0.2, 0.25) is 0 Å². The number of ether oxygens (including phenoxy) is 1. The van der Waals surface area contributed by atoms with Crippen molar-refractivity contribution in [1.29, 1.82) is 0 Å². The van der Waals surface area contributed by atoms with Crippen LogP contribution in [0.5, 0.6) is 0 Å². The molecule has 3 aromatic rings. The second kappa shape index (κ2) is 9.23. The SMILES string of the molecule is CC(C)[C@@H](NC(=O)c1ccco1)c1nc(-c2ccc(S(=O)(=O)N3CCOCC3)cc2)no1. The van der Waals surface area contributed by atoms with Crippen molar-refractivity contribution in [3.05, 3.63) is 54.3 Å². The van der Waals surface area contributed by atoms with Gasteiger partial charge in [-0.25, -0.2) is 8.42 Å². The fraction of sp³-hybridized carbons (Fsp3) is 0.381. The largest absolute Gasteiger partial charge is 0.459 e. The lowest BCUT2D eigenvalue weighted by atomic mass is 10.0. The molecule has 0 unspecified atom stereocenters. The molecular formula is C21H24N4O6S. The predicted molar refractivity (Wildman–Crippen MR) is 113 cm³/mol. The minimum Gasteiger partial charge on any atom is -0.459 e. The van der Waals surface area contributed by atoms with E-state index in [1.54, 1.807) is 24.3 Å². The van der Waals surface area contributed by atoms with Crippen LogP contribution in [-0.4, -0.2) is 55.1 Å². The van der Waals surface area contributed by atoms with E-state index >= 15 is 0 Å². The first-order chi connectivity index (χ1) is 15.4. The highest BCUT2D eigenvalue weighted by Crippen LogP contribution is 2.26. The van der Waals surface area contributed by atoms with Crippen LogP contribution in [0, 0.1) is 5.92 Å². The molecule has 1 aliphatic heterocycles. The summed E-state index contributed by atoms with van der Waals surface area (Å²) < 4.78 is 42.7. The first kappa shape index (κ1) is 22.2. The number of carbonyl (C=O) groups excluding carboxylic acids is 1. The number of nitrogens with zero attached hydrogens (tertiary/aromatic N) is 3. The average Bonchev–Trinajstić information content (AvgIpc) is 3.50. The standard InChI is InChI=1S/C21H24N4O6S/c1-14(2)18(22-20(26)17-4-3-11-30-17)21-23-19(24-31-21)15-5-7-16(8-6-15)32(27,28)25-9-12-29-13-10-25/h3-8,11,14,18H,9-10,12-13H2,1-2H3,(H,22,26)/t18-/m1/s1. The third-order valence-corrected chi connectivity index (χ3v) is 7.04. The van der Waals surface area contributed by atoms with Crippen LogP contribution in [0.25, 0.3) is 11.4 Å². The van der Waals surface area contributed by atoms with Crippen LogP contribution in [-0.2, 0) is 14.8 Å². The van der Waals surface area contributed by atoms with Crippen LogP contribution in [0.1, 0.15) is 36.3 Å². The second-order valence-electron chi connectivity index (χ2n) is 7.67. The number of carbonyl (C=O) groups is 1. The Hall–Kier alpha value is -3.02. The van der Waals surface area contributed by atoms with Crippen LogP contribution in [0.4, 0.5) is 0 Å². The van der Waals surface area contributed by atoms with Gasteiger partial charge < -0.3 is 19.0 Å². The minimum atomic E-state index is -3.58. The number of aromatic nitrogens is 2. The van der Waals surface area contributed by atoms with E-state index in [1.807, 2.05) is 13.8 Å². The van der Waals surface area contributed by atoms with Gasteiger partial charge in [0, 0.05) is 18.7 Å². The van der Waals surface area contributed by atoms with E-state index in [1.165, 1.54) is 22.7 Å². The van der Waals surface area contributed by atoms with Gasteiger partial charge in [-0.05, 0) is 42.3 Å². The molecule has 1 fully saturated rings. The normalized spacial score (nSPS) is 16.2. The van der Waals surface area contributed by atoms with E-state index in [4.69, 9.17) is 13.7 Å². The third-order valence-electron chi connectivity index (χ3n) is 5.13. The molecule has 1 N–H and O–H groups in total. The Labute approximate surface area is 185 Å². The van der Waals surface area contributed by atoms with E-state index < -0.39 is 16.1 Å². The summed E-state index contributed by atoms with van der Waals surface area (Å²) in [6, 6.07) is 8.99. The number of furan rings is 1. The molecule has 11 heteroatoms. The zero-order valence-electron chi connectivity index (χ0n) is 17.7. The highest BCUT2D eigenvalue weighted by molar-refractivity contribution is 7.89. The fourth-order valence-corrected chi connectivity index (χ4v) is 4.73. The molecule has 1 aliphatic rings. The highest BCUT2D eigenvalue weighted by atomic mass is 32.2. The van der Waals surface area contributed by atoms with Crippen molar-refractivity contribution < 1.29 is 26.9 Å². The summed E-state index contributed by atoms with van der Waals surface area (Å²) in [5.41, 5.74) is 0.598. The van der Waals surface area contributed by atoms with Crippen molar-refractivity contribution in [1.82, 2.24) is 19.8 Å². The van der Waals surface area contributed by atoms with Crippen LogP contribution < -0.4 is 5.32 Å². The van der Waals surface area contributed by atoms with Crippen molar-refractivity contribution >= 4 is 15.9 Å². The smallest absolute Gasteiger partial charge is 0.287 e. The summed E-state index contributed by atoms with van der Waals surface area (Å²) in [6.07, 6.45) is 1.42. The maximum Gasteiger partial charge on any atom is 0.287 e. The van der Waals surface area contributed by atoms with Crippen molar-refractivity contribution in [3.8, 4) is 11.4 Å². The highest BCUT2D eigenvalue weighted by Gasteiger charge is 2.28. The van der Waals surface area contributed by atoms with Gasteiger partial charge in [-0.2, -0.15) is 9.29 Å². The van der Waals surface area contributed by atoms with Crippen molar-refractivity contribution in [3.63, 3.8) is 0 Å². The molecule has 1 atom stereocenters. The lowest BCUT2D eigenvalue weighted by Gasteiger charge is -2.26. The Morgan fingerprint density at radius 1 is 1.12 bits per heavy atom. The number of benzene rings is 1. The van der Waals surface area contributed by atoms with E-state index in [-0.39, 0.29) is 28.4 Å². The topological polar surface area (TPSA) is 128 Å². The molecule has 0 aliphatic carbocycles. The maximum atomic E-state index is 12.8. The molecule has 1 amide bonds. The van der Waals surface area contributed by atoms with Crippen LogP contribution >= 0.6 is 0 Å². The number of sulfonamides is 1. The van der Waals surface area contributed by atoms with Gasteiger partial charge in [0.15, 0.2) is 5.76 Å². The molecule has 2 aromatic heterocycles. The molecular weight excluding hydrogens is 436 g/mol. The zero-order valence-corrected chi connectivity index (χ0v) is 18.5. The number of hydrogen-bond acceptors (Lipinski definition) is 8. The van der Waals surface area contributed by atoms with Gasteiger partial charge in [-0.3, -0.25) is 4.79 Å². The van der Waals surface area contributed by atoms with Gasteiger partial charge in [0.05, 0.1) is 24.4 Å². The fourth-order valence-electron chi connectivity index (χ4n) is 3.32. The summed E-state index contributed by atoms with van der Waals surface area (Å²) in [5.74, 6) is 0.329. The Bertz CT molecular complexity index is 1150. The summed E-state index contributed by atoms with van der Waals surface area (Å²) in [7, 11) is -3.58. The van der Waals surface area contributed by atoms with Gasteiger partial charge in [0.2, 0.25) is 21.7 Å². The minimum absolute atomic E-state index is 0.0248. The van der Waals surface area contributed by atoms with Crippen molar-refractivity contribution in [2.24, 2.45) is 5.92 Å². The predicted octanol–water partition coefficient (Wildman–Crippen LogP) is 2.48. The Balaban J connectivity index is 1.51. The molecule has 0 spiro atoms. The van der Waals surface area contributed by atoms with E-state index in [0.29, 0.717) is 37.7 Å². The molecule has 1 aromatic carbocycles. The Kier molecular flexibility index (Phi) is 6.40. The molecule has 0 saturated carbocycles. The van der Waals surface area contributed by atoms with E-state index in [9.17, 15) is 13.2 Å². The monoisotopic (exact) mass is 460 g/mol. The maximum absolute atomic E-state index is 12.8. The number of morpholine rings is 1. The summed E-state index contributed by atoms with van der Waals surface area (Å²) >= 11 is 0. The molecule has 3 heterocycles. The van der Waals surface area contributed by atoms with Crippen LogP contribution in [0.3, 0.4) is 0 Å². The molecule has 0 bridgehead atoms. The van der Waals surface area contributed by atoms with Gasteiger partial charge >= 0.3 is 0 Å². The molecule has 10 nitrogen and oxygen atoms in total. The first-order valence-corrected chi connectivity index (χ1v) is 11.7. The molecule has 1 saturated heterocycles. The van der Waals surface area contributed by atoms with Gasteiger partial charge in [0.1, 0.15) is 6.04 Å². The number of nitrogens with one attached hydrogen (secondary N) is 1. The van der Waals surface area contributed by atoms with Crippen molar-refractivity contribution in [2.75, 3.05) is 26.3 Å². The average molecular weight is 461 g/mol. The van der Waals surface area contributed by atoms with Crippen LogP contribution in [0.15, 0.2) is 56.5 Å². The second-order valence-corrected chi connectivity index (χ2v) is 9.61. The zero-order chi connectivity index (χ0) is 22.7. The van der Waals surface area contributed by atoms with Crippen molar-refractivity contribution in [2.45, 2.75) is 24.8 Å².